The van der Waals surface area contributed by atoms with Crippen LogP contribution in [-0.2, 0) is 12.0 Å². The van der Waals surface area contributed by atoms with Crippen LogP contribution in [0.5, 0.6) is 0 Å². The molecule has 0 bridgehead atoms. The first-order chi connectivity index (χ1) is 10.1. The number of carbonyl (C=O) groups excluding carboxylic acids is 1. The SMILES string of the molecule is CCc1noc(C2(O)CCN(C(=O)N(C)CC(C)(C)C)C2)n1. The maximum absolute atomic E-state index is 12.5. The van der Waals surface area contributed by atoms with Crippen molar-refractivity contribution in [1.29, 1.82) is 0 Å². The Labute approximate surface area is 131 Å². The zero-order chi connectivity index (χ0) is 16.5. The number of nitrogens with zero attached hydrogens (tertiary/aromatic N) is 4. The second kappa shape index (κ2) is 5.87. The highest BCUT2D eigenvalue weighted by Gasteiger charge is 2.44. The van der Waals surface area contributed by atoms with E-state index in [-0.39, 0.29) is 23.9 Å². The third-order valence-corrected chi connectivity index (χ3v) is 3.74. The summed E-state index contributed by atoms with van der Waals surface area (Å²) in [5.74, 6) is 0.774. The van der Waals surface area contributed by atoms with Crippen LogP contribution in [0.3, 0.4) is 0 Å². The lowest BCUT2D eigenvalue weighted by Crippen LogP contribution is -2.44. The minimum absolute atomic E-state index is 0.0307. The molecule has 1 aliphatic heterocycles. The van der Waals surface area contributed by atoms with Gasteiger partial charge in [0.05, 0.1) is 6.54 Å². The molecule has 1 aliphatic rings. The average molecular weight is 310 g/mol. The fourth-order valence-corrected chi connectivity index (χ4v) is 2.74. The fourth-order valence-electron chi connectivity index (χ4n) is 2.74. The number of hydrogen-bond acceptors (Lipinski definition) is 5. The summed E-state index contributed by atoms with van der Waals surface area (Å²) in [6, 6.07) is -0.0823. The Morgan fingerprint density at radius 3 is 2.73 bits per heavy atom. The molecule has 124 valence electrons. The summed E-state index contributed by atoms with van der Waals surface area (Å²) in [5, 5.41) is 14.5. The second-order valence-electron chi connectivity index (χ2n) is 7.27. The first-order valence-corrected chi connectivity index (χ1v) is 7.70. The van der Waals surface area contributed by atoms with E-state index in [1.807, 2.05) is 6.92 Å². The number of carbonyl (C=O) groups is 1. The summed E-state index contributed by atoms with van der Waals surface area (Å²) in [7, 11) is 1.78. The Morgan fingerprint density at radius 2 is 2.18 bits per heavy atom. The van der Waals surface area contributed by atoms with E-state index >= 15 is 0 Å². The number of amides is 2. The van der Waals surface area contributed by atoms with E-state index in [1.165, 1.54) is 0 Å². The maximum Gasteiger partial charge on any atom is 0.319 e. The van der Waals surface area contributed by atoms with Gasteiger partial charge in [-0.05, 0) is 5.41 Å². The minimum atomic E-state index is -1.24. The highest BCUT2D eigenvalue weighted by Crippen LogP contribution is 2.31. The van der Waals surface area contributed by atoms with E-state index in [2.05, 4.69) is 30.9 Å². The monoisotopic (exact) mass is 310 g/mol. The van der Waals surface area contributed by atoms with Crippen LogP contribution in [0.2, 0.25) is 0 Å². The van der Waals surface area contributed by atoms with E-state index in [0.717, 1.165) is 0 Å². The number of hydrogen-bond donors (Lipinski definition) is 1. The van der Waals surface area contributed by atoms with Gasteiger partial charge in [0.2, 0.25) is 0 Å². The first-order valence-electron chi connectivity index (χ1n) is 7.70. The predicted octanol–water partition coefficient (Wildman–Crippen LogP) is 1.62. The Hall–Kier alpha value is -1.63. The molecule has 7 nitrogen and oxygen atoms in total. The van der Waals surface area contributed by atoms with Crippen LogP contribution >= 0.6 is 0 Å². The molecule has 7 heteroatoms. The normalized spacial score (nSPS) is 22.2. The van der Waals surface area contributed by atoms with Gasteiger partial charge >= 0.3 is 6.03 Å². The summed E-state index contributed by atoms with van der Waals surface area (Å²) >= 11 is 0. The molecule has 0 spiro atoms. The fraction of sp³-hybridized carbons (Fsp3) is 0.800. The van der Waals surface area contributed by atoms with Crippen LogP contribution in [0.25, 0.3) is 0 Å². The van der Waals surface area contributed by atoms with Crippen molar-refractivity contribution in [3.63, 3.8) is 0 Å². The van der Waals surface area contributed by atoms with Gasteiger partial charge in [0.15, 0.2) is 11.4 Å². The molecule has 2 rings (SSSR count). The van der Waals surface area contributed by atoms with Crippen LogP contribution in [0, 0.1) is 5.41 Å². The summed E-state index contributed by atoms with van der Waals surface area (Å²) in [4.78, 5) is 20.0. The van der Waals surface area contributed by atoms with Crippen molar-refractivity contribution in [1.82, 2.24) is 19.9 Å². The van der Waals surface area contributed by atoms with Crippen LogP contribution in [0.1, 0.15) is 45.8 Å². The molecule has 1 aromatic heterocycles. The van der Waals surface area contributed by atoms with E-state index in [1.54, 1.807) is 16.8 Å². The summed E-state index contributed by atoms with van der Waals surface area (Å²) in [6.07, 6.45) is 1.06. The molecule has 0 aromatic carbocycles. The Bertz CT molecular complexity index is 537. The van der Waals surface area contributed by atoms with Crippen LogP contribution in [0.4, 0.5) is 4.79 Å². The third-order valence-electron chi connectivity index (χ3n) is 3.74. The van der Waals surface area contributed by atoms with Crippen molar-refractivity contribution in [3.8, 4) is 0 Å². The van der Waals surface area contributed by atoms with Gasteiger partial charge in [0.1, 0.15) is 0 Å². The molecular weight excluding hydrogens is 284 g/mol. The quantitative estimate of drug-likeness (QED) is 0.917. The first kappa shape index (κ1) is 16.7. The molecule has 2 amide bonds. The highest BCUT2D eigenvalue weighted by molar-refractivity contribution is 5.74. The summed E-state index contributed by atoms with van der Waals surface area (Å²) < 4.78 is 5.15. The van der Waals surface area contributed by atoms with Crippen molar-refractivity contribution < 1.29 is 14.4 Å². The lowest BCUT2D eigenvalue weighted by molar-refractivity contribution is 0.0153. The van der Waals surface area contributed by atoms with E-state index < -0.39 is 5.60 Å². The minimum Gasteiger partial charge on any atom is -0.378 e. The zero-order valence-electron chi connectivity index (χ0n) is 14.1. The number of β-amino-alcohol motifs (C(OH)–C–C–N with tert-alkyl or cyclic N) is 1. The van der Waals surface area contributed by atoms with Crippen molar-refractivity contribution in [2.45, 2.75) is 46.1 Å². The van der Waals surface area contributed by atoms with Crippen LogP contribution < -0.4 is 0 Å². The Kier molecular flexibility index (Phi) is 4.47. The van der Waals surface area contributed by atoms with E-state index in [4.69, 9.17) is 4.52 Å². The van der Waals surface area contributed by atoms with Crippen LogP contribution in [0.15, 0.2) is 4.52 Å². The summed E-state index contributed by atoms with van der Waals surface area (Å²) in [5.41, 5.74) is -1.21. The van der Waals surface area contributed by atoms with Crippen molar-refractivity contribution in [3.05, 3.63) is 11.7 Å². The molecule has 1 fully saturated rings. The molecule has 1 aromatic rings. The van der Waals surface area contributed by atoms with Crippen molar-refractivity contribution in [2.75, 3.05) is 26.7 Å². The predicted molar refractivity (Wildman–Crippen MR) is 81.2 cm³/mol. The van der Waals surface area contributed by atoms with Gasteiger partial charge in [-0.3, -0.25) is 0 Å². The van der Waals surface area contributed by atoms with Gasteiger partial charge in [-0.2, -0.15) is 4.98 Å². The number of urea groups is 1. The van der Waals surface area contributed by atoms with E-state index in [0.29, 0.717) is 31.8 Å². The Balaban J connectivity index is 2.03. The van der Waals surface area contributed by atoms with Crippen molar-refractivity contribution in [2.24, 2.45) is 5.41 Å². The molecule has 22 heavy (non-hydrogen) atoms. The van der Waals surface area contributed by atoms with E-state index in [9.17, 15) is 9.90 Å². The number of likely N-dealkylation sites (tertiary alicyclic amines) is 1. The maximum atomic E-state index is 12.5. The second-order valence-corrected chi connectivity index (χ2v) is 7.27. The molecule has 0 saturated carbocycles. The van der Waals surface area contributed by atoms with Gasteiger partial charge in [0, 0.05) is 33.0 Å². The average Bonchev–Trinajstić information content (AvgIpc) is 3.03. The van der Waals surface area contributed by atoms with Gasteiger partial charge in [-0.1, -0.05) is 32.9 Å². The lowest BCUT2D eigenvalue weighted by Gasteiger charge is -2.30. The lowest BCUT2D eigenvalue weighted by atomic mass is 9.96. The van der Waals surface area contributed by atoms with Gasteiger partial charge in [0.25, 0.3) is 5.89 Å². The van der Waals surface area contributed by atoms with Crippen LogP contribution in [-0.4, -0.2) is 57.8 Å². The molecule has 0 radical (unpaired) electrons. The molecule has 1 N–H and O–H groups in total. The number of aromatic nitrogens is 2. The molecular formula is C15H26N4O3. The van der Waals surface area contributed by atoms with Gasteiger partial charge in [-0.15, -0.1) is 0 Å². The molecule has 1 unspecified atom stereocenters. The number of aryl methyl sites for hydroxylation is 1. The van der Waals surface area contributed by atoms with Crippen molar-refractivity contribution >= 4 is 6.03 Å². The van der Waals surface area contributed by atoms with Gasteiger partial charge < -0.3 is 19.4 Å². The molecule has 1 saturated heterocycles. The zero-order valence-corrected chi connectivity index (χ0v) is 14.1. The standard InChI is InChI=1S/C15H26N4O3/c1-6-11-16-12(22-17-11)15(21)7-8-19(10-15)13(20)18(5)9-14(2,3)4/h21H,6-10H2,1-5H3. The molecule has 0 aliphatic carbocycles. The topological polar surface area (TPSA) is 82.7 Å². The molecule has 1 atom stereocenters. The van der Waals surface area contributed by atoms with Gasteiger partial charge in [-0.25, -0.2) is 4.79 Å². The summed E-state index contributed by atoms with van der Waals surface area (Å²) in [6.45, 7) is 9.50. The smallest absolute Gasteiger partial charge is 0.319 e. The molecule has 2 heterocycles. The Morgan fingerprint density at radius 1 is 1.50 bits per heavy atom. The largest absolute Gasteiger partial charge is 0.378 e. The number of aliphatic hydroxyl groups is 1. The number of rotatable bonds is 3. The highest BCUT2D eigenvalue weighted by atomic mass is 16.5. The third kappa shape index (κ3) is 3.58.